The summed E-state index contributed by atoms with van der Waals surface area (Å²) in [6, 6.07) is 4.28. The van der Waals surface area contributed by atoms with Crippen molar-refractivity contribution >= 4 is 35.1 Å². The highest BCUT2D eigenvalue weighted by Gasteiger charge is 2.36. The predicted molar refractivity (Wildman–Crippen MR) is 191 cm³/mol. The van der Waals surface area contributed by atoms with E-state index < -0.39 is 47.3 Å². The van der Waals surface area contributed by atoms with Crippen LogP contribution in [0.2, 0.25) is 0 Å². The van der Waals surface area contributed by atoms with Gasteiger partial charge < -0.3 is 25.8 Å². The van der Waals surface area contributed by atoms with Gasteiger partial charge in [-0.25, -0.2) is 9.37 Å². The van der Waals surface area contributed by atoms with Gasteiger partial charge >= 0.3 is 11.9 Å². The van der Waals surface area contributed by atoms with Crippen molar-refractivity contribution in [3.8, 4) is 0 Å². The zero-order valence-electron chi connectivity index (χ0n) is 30.5. The molecule has 0 spiro atoms. The second kappa shape index (κ2) is 19.7. The fourth-order valence-electron chi connectivity index (χ4n) is 5.80. The smallest absolute Gasteiger partial charge is 0.309 e. The average Bonchev–Trinajstić information content (AvgIpc) is 3.53. The van der Waals surface area contributed by atoms with Crippen molar-refractivity contribution in [3.05, 3.63) is 51.7 Å². The van der Waals surface area contributed by atoms with Crippen molar-refractivity contribution in [2.45, 2.75) is 131 Å². The third-order valence-electron chi connectivity index (χ3n) is 9.11. The fourth-order valence-corrected chi connectivity index (χ4v) is 6.64. The van der Waals surface area contributed by atoms with E-state index in [1.165, 1.54) is 30.4 Å². The number of amides is 2. The highest BCUT2D eigenvalue weighted by atomic mass is 32.1. The number of nitrogens with two attached hydrogens (primary N) is 1. The standard InChI is InChI=1S/C37H57FN4O6S/c1-9-11-12-13-18-42(35(45)32(39)24(5)10-2)30(23(3)4)20-31(48-25(6)43)34-41-29(22-49-34)33(44)40-28(21-37(7,8)36(46)47)19-26-14-16-27(38)17-15-26/h14-17,22-24,28,30-32H,9-13,18-21,39H2,1-8H3,(H,40,44)(H,46,47)/t24-,28-,30+,31+,32-/m0/s1. The molecule has 1 aromatic heterocycles. The normalized spacial score (nSPS) is 14.8. The molecule has 2 amide bonds. The van der Waals surface area contributed by atoms with E-state index >= 15 is 0 Å². The van der Waals surface area contributed by atoms with Crippen LogP contribution >= 0.6 is 11.3 Å². The van der Waals surface area contributed by atoms with Crippen LogP contribution in [0, 0.1) is 23.1 Å². The van der Waals surface area contributed by atoms with Gasteiger partial charge in [-0.3, -0.25) is 19.2 Å². The minimum Gasteiger partial charge on any atom is -0.481 e. The first kappa shape index (κ1) is 41.8. The maximum atomic E-state index is 13.9. The number of carbonyl (C=O) groups excluding carboxylic acids is 3. The molecule has 0 fully saturated rings. The van der Waals surface area contributed by atoms with Crippen molar-refractivity contribution < 1.29 is 33.4 Å². The van der Waals surface area contributed by atoms with Crippen LogP contribution in [0.5, 0.6) is 0 Å². The summed E-state index contributed by atoms with van der Waals surface area (Å²) in [6.07, 6.45) is 4.56. The number of thiazole rings is 1. The molecular formula is C37H57FN4O6S. The van der Waals surface area contributed by atoms with Crippen LogP contribution in [-0.4, -0.2) is 63.4 Å². The molecule has 1 heterocycles. The minimum atomic E-state index is -1.14. The summed E-state index contributed by atoms with van der Waals surface area (Å²) in [5.41, 5.74) is 6.16. The Labute approximate surface area is 295 Å². The summed E-state index contributed by atoms with van der Waals surface area (Å²) in [4.78, 5) is 58.1. The molecule has 10 nitrogen and oxygen atoms in total. The molecule has 4 N–H and O–H groups in total. The van der Waals surface area contributed by atoms with Gasteiger partial charge in [0.05, 0.1) is 11.5 Å². The second-order valence-electron chi connectivity index (χ2n) is 14.1. The van der Waals surface area contributed by atoms with Crippen molar-refractivity contribution in [2.75, 3.05) is 6.54 Å². The molecule has 2 aromatic rings. The Kier molecular flexibility index (Phi) is 16.8. The molecule has 0 bridgehead atoms. The third-order valence-corrected chi connectivity index (χ3v) is 10.0. The number of ether oxygens (including phenoxy) is 1. The lowest BCUT2D eigenvalue weighted by atomic mass is 9.84. The Bertz CT molecular complexity index is 1360. The van der Waals surface area contributed by atoms with Gasteiger partial charge in [-0.1, -0.05) is 72.4 Å². The first-order valence-corrected chi connectivity index (χ1v) is 18.4. The van der Waals surface area contributed by atoms with Gasteiger partial charge in [0.2, 0.25) is 5.91 Å². The van der Waals surface area contributed by atoms with Crippen LogP contribution in [0.15, 0.2) is 29.6 Å². The van der Waals surface area contributed by atoms with E-state index in [9.17, 15) is 28.7 Å². The van der Waals surface area contributed by atoms with Gasteiger partial charge in [0, 0.05) is 37.4 Å². The fraction of sp³-hybridized carbons (Fsp3) is 0.649. The van der Waals surface area contributed by atoms with E-state index in [1.54, 1.807) is 31.4 Å². The molecule has 0 aliphatic heterocycles. The lowest BCUT2D eigenvalue weighted by Crippen LogP contribution is -2.53. The number of rotatable bonds is 21. The van der Waals surface area contributed by atoms with Gasteiger partial charge in [-0.2, -0.15) is 0 Å². The Hall–Kier alpha value is -3.38. The monoisotopic (exact) mass is 704 g/mol. The Morgan fingerprint density at radius 3 is 2.29 bits per heavy atom. The number of carbonyl (C=O) groups is 4. The molecule has 0 saturated carbocycles. The molecule has 0 saturated heterocycles. The topological polar surface area (TPSA) is 152 Å². The molecule has 5 atom stereocenters. The Morgan fingerprint density at radius 2 is 1.73 bits per heavy atom. The number of hydrogen-bond donors (Lipinski definition) is 3. The SMILES string of the molecule is CCCCCCN(C(=O)[C@@H](N)[C@@H](C)CC)[C@H](C[C@@H](OC(C)=O)c1nc(C(=O)N[C@@H](Cc2ccc(F)cc2)CC(C)(C)C(=O)O)cs1)C(C)C. The number of unbranched alkanes of at least 4 members (excludes halogenated alkanes) is 3. The number of nitrogens with zero attached hydrogens (tertiary/aromatic N) is 2. The Morgan fingerprint density at radius 1 is 1.08 bits per heavy atom. The number of aliphatic carboxylic acids is 1. The van der Waals surface area contributed by atoms with Crippen molar-refractivity contribution in [3.63, 3.8) is 0 Å². The van der Waals surface area contributed by atoms with Crippen LogP contribution in [0.3, 0.4) is 0 Å². The van der Waals surface area contributed by atoms with E-state index in [2.05, 4.69) is 17.2 Å². The summed E-state index contributed by atoms with van der Waals surface area (Å²) in [6.45, 7) is 15.2. The zero-order valence-corrected chi connectivity index (χ0v) is 31.3. The van der Waals surface area contributed by atoms with Crippen molar-refractivity contribution in [1.29, 1.82) is 0 Å². The Balaban J connectivity index is 2.39. The van der Waals surface area contributed by atoms with Crippen LogP contribution in [0.1, 0.15) is 127 Å². The largest absolute Gasteiger partial charge is 0.481 e. The molecular weight excluding hydrogens is 647 g/mol. The van der Waals surface area contributed by atoms with E-state index in [0.717, 1.165) is 37.7 Å². The lowest BCUT2D eigenvalue weighted by Gasteiger charge is -2.38. The number of benzene rings is 1. The number of carboxylic acid groups (broad SMARTS) is 1. The highest BCUT2D eigenvalue weighted by Crippen LogP contribution is 2.32. The molecule has 2 rings (SSSR count). The van der Waals surface area contributed by atoms with Gasteiger partial charge in [-0.15, -0.1) is 11.3 Å². The van der Waals surface area contributed by atoms with Crippen LogP contribution in [0.25, 0.3) is 0 Å². The summed E-state index contributed by atoms with van der Waals surface area (Å²) in [5.74, 6) is -2.54. The van der Waals surface area contributed by atoms with E-state index in [1.807, 2.05) is 32.6 Å². The molecule has 49 heavy (non-hydrogen) atoms. The van der Waals surface area contributed by atoms with E-state index in [0.29, 0.717) is 11.6 Å². The molecule has 12 heteroatoms. The summed E-state index contributed by atoms with van der Waals surface area (Å²) < 4.78 is 19.3. The number of esters is 1. The number of hydrogen-bond acceptors (Lipinski definition) is 8. The van der Waals surface area contributed by atoms with Gasteiger partial charge in [0.25, 0.3) is 5.91 Å². The van der Waals surface area contributed by atoms with E-state index in [-0.39, 0.29) is 48.7 Å². The number of carboxylic acids is 1. The van der Waals surface area contributed by atoms with Gasteiger partial charge in [0.15, 0.2) is 6.10 Å². The van der Waals surface area contributed by atoms with Crippen LogP contribution in [0.4, 0.5) is 4.39 Å². The van der Waals surface area contributed by atoms with Crippen molar-refractivity contribution in [2.24, 2.45) is 23.0 Å². The first-order chi connectivity index (χ1) is 23.0. The molecule has 0 radical (unpaired) electrons. The number of nitrogens with one attached hydrogen (secondary N) is 1. The minimum absolute atomic E-state index is 0.00397. The number of aromatic nitrogens is 1. The second-order valence-corrected chi connectivity index (χ2v) is 15.0. The van der Waals surface area contributed by atoms with Crippen LogP contribution in [-0.2, 0) is 25.5 Å². The zero-order chi connectivity index (χ0) is 36.9. The summed E-state index contributed by atoms with van der Waals surface area (Å²) in [5, 5.41) is 14.7. The molecule has 1 aromatic carbocycles. The first-order valence-electron chi connectivity index (χ1n) is 17.5. The average molecular weight is 705 g/mol. The quantitative estimate of drug-likeness (QED) is 0.0935. The third kappa shape index (κ3) is 13.1. The summed E-state index contributed by atoms with van der Waals surface area (Å²) in [7, 11) is 0. The molecule has 274 valence electrons. The van der Waals surface area contributed by atoms with Crippen molar-refractivity contribution in [1.82, 2.24) is 15.2 Å². The predicted octanol–water partition coefficient (Wildman–Crippen LogP) is 6.93. The lowest BCUT2D eigenvalue weighted by molar-refractivity contribution is -0.149. The number of halogens is 1. The highest BCUT2D eigenvalue weighted by molar-refractivity contribution is 7.09. The molecule has 0 unspecified atom stereocenters. The van der Waals surface area contributed by atoms with Gasteiger partial charge in [0.1, 0.15) is 16.5 Å². The van der Waals surface area contributed by atoms with Gasteiger partial charge in [-0.05, 0) is 62.6 Å². The van der Waals surface area contributed by atoms with Crippen LogP contribution < -0.4 is 11.1 Å². The molecule has 0 aliphatic carbocycles. The summed E-state index contributed by atoms with van der Waals surface area (Å²) >= 11 is 1.18. The maximum absolute atomic E-state index is 13.9. The molecule has 0 aliphatic rings. The van der Waals surface area contributed by atoms with E-state index in [4.69, 9.17) is 10.5 Å². The maximum Gasteiger partial charge on any atom is 0.309 e.